The molecule has 0 aliphatic rings. The number of methoxy groups -OCH3 is 1. The van der Waals surface area contributed by atoms with Gasteiger partial charge in [0, 0.05) is 13.2 Å². The summed E-state index contributed by atoms with van der Waals surface area (Å²) >= 11 is 0. The van der Waals surface area contributed by atoms with E-state index in [9.17, 15) is 4.79 Å². The highest BCUT2D eigenvalue weighted by Crippen LogP contribution is 1.85. The minimum atomic E-state index is -0.243. The predicted molar refractivity (Wildman–Crippen MR) is 46.0 cm³/mol. The summed E-state index contributed by atoms with van der Waals surface area (Å²) in [5, 5.41) is 9.48. The second-order valence-corrected chi connectivity index (χ2v) is 2.63. The van der Waals surface area contributed by atoms with Gasteiger partial charge < -0.3 is 15.8 Å². The lowest BCUT2D eigenvalue weighted by molar-refractivity contribution is -0.120. The molecule has 1 amide bonds. The molecule has 0 aliphatic heterocycles. The number of hydrogen-bond acceptors (Lipinski definition) is 3. The van der Waals surface area contributed by atoms with Crippen molar-refractivity contribution in [1.29, 1.82) is 5.41 Å². The van der Waals surface area contributed by atoms with Crippen LogP contribution in [0.1, 0.15) is 13.3 Å². The Morgan fingerprint density at radius 2 is 2.33 bits per heavy atom. The van der Waals surface area contributed by atoms with Crippen LogP contribution in [-0.4, -0.2) is 31.5 Å². The first kappa shape index (κ1) is 10.9. The van der Waals surface area contributed by atoms with E-state index >= 15 is 0 Å². The van der Waals surface area contributed by atoms with E-state index in [0.717, 1.165) is 0 Å². The maximum absolute atomic E-state index is 11.0. The lowest BCUT2D eigenvalue weighted by atomic mass is 10.3. The van der Waals surface area contributed by atoms with Crippen LogP contribution < -0.4 is 11.1 Å². The molecule has 0 fully saturated rings. The SMILES string of the molecule is COCC(C)NC(=O)CC(=N)N. The van der Waals surface area contributed by atoms with Crippen LogP contribution in [0.15, 0.2) is 0 Å². The van der Waals surface area contributed by atoms with Gasteiger partial charge in [-0.15, -0.1) is 0 Å². The molecule has 0 spiro atoms. The molecule has 1 atom stereocenters. The summed E-state index contributed by atoms with van der Waals surface area (Å²) < 4.78 is 4.81. The van der Waals surface area contributed by atoms with Crippen LogP contribution in [0.25, 0.3) is 0 Å². The minimum absolute atomic E-state index is 0.0400. The van der Waals surface area contributed by atoms with Gasteiger partial charge in [0.2, 0.25) is 5.91 Å². The zero-order valence-electron chi connectivity index (χ0n) is 7.39. The number of rotatable bonds is 5. The fraction of sp³-hybridized carbons (Fsp3) is 0.714. The standard InChI is InChI=1S/C7H15N3O2/c1-5(4-12-2)10-7(11)3-6(8)9/h5H,3-4H2,1-2H3,(H3,8,9)(H,10,11). The van der Waals surface area contributed by atoms with E-state index in [1.807, 2.05) is 6.92 Å². The molecule has 0 aromatic heterocycles. The van der Waals surface area contributed by atoms with E-state index in [1.54, 1.807) is 7.11 Å². The molecular weight excluding hydrogens is 158 g/mol. The van der Waals surface area contributed by atoms with Crippen LogP contribution in [0.4, 0.5) is 0 Å². The zero-order valence-corrected chi connectivity index (χ0v) is 7.39. The first-order valence-electron chi connectivity index (χ1n) is 3.67. The van der Waals surface area contributed by atoms with Crippen molar-refractivity contribution in [3.05, 3.63) is 0 Å². The van der Waals surface area contributed by atoms with Crippen molar-refractivity contribution in [2.45, 2.75) is 19.4 Å². The number of carbonyl (C=O) groups is 1. The van der Waals surface area contributed by atoms with Gasteiger partial charge in [-0.05, 0) is 6.92 Å². The molecule has 0 radical (unpaired) electrons. The first-order chi connectivity index (χ1) is 5.56. The van der Waals surface area contributed by atoms with Gasteiger partial charge in [0.05, 0.1) is 18.9 Å². The van der Waals surface area contributed by atoms with Crippen molar-refractivity contribution in [3.8, 4) is 0 Å². The van der Waals surface area contributed by atoms with E-state index < -0.39 is 0 Å². The Bertz CT molecular complexity index is 170. The monoisotopic (exact) mass is 173 g/mol. The average Bonchev–Trinajstić information content (AvgIpc) is 1.84. The van der Waals surface area contributed by atoms with E-state index in [0.29, 0.717) is 6.61 Å². The van der Waals surface area contributed by atoms with Gasteiger partial charge in [0.25, 0.3) is 0 Å². The largest absolute Gasteiger partial charge is 0.387 e. The molecule has 4 N–H and O–H groups in total. The van der Waals surface area contributed by atoms with E-state index in [2.05, 4.69) is 5.32 Å². The highest BCUT2D eigenvalue weighted by atomic mass is 16.5. The molecule has 1 unspecified atom stereocenters. The van der Waals surface area contributed by atoms with E-state index in [4.69, 9.17) is 15.9 Å². The number of amides is 1. The summed E-state index contributed by atoms with van der Waals surface area (Å²) in [5.41, 5.74) is 5.03. The zero-order chi connectivity index (χ0) is 9.56. The highest BCUT2D eigenvalue weighted by Gasteiger charge is 2.07. The third kappa shape index (κ3) is 5.67. The van der Waals surface area contributed by atoms with Crippen LogP contribution in [0.2, 0.25) is 0 Å². The van der Waals surface area contributed by atoms with Gasteiger partial charge in [-0.3, -0.25) is 10.2 Å². The van der Waals surface area contributed by atoms with Gasteiger partial charge in [-0.1, -0.05) is 0 Å². The van der Waals surface area contributed by atoms with Crippen molar-refractivity contribution in [1.82, 2.24) is 5.32 Å². The van der Waals surface area contributed by atoms with Gasteiger partial charge in [0.1, 0.15) is 0 Å². The third-order valence-electron chi connectivity index (χ3n) is 1.18. The van der Waals surface area contributed by atoms with Crippen molar-refractivity contribution in [3.63, 3.8) is 0 Å². The second kappa shape index (κ2) is 5.54. The minimum Gasteiger partial charge on any atom is -0.387 e. The maximum Gasteiger partial charge on any atom is 0.227 e. The van der Waals surface area contributed by atoms with Crippen LogP contribution in [-0.2, 0) is 9.53 Å². The first-order valence-corrected chi connectivity index (χ1v) is 3.67. The Kier molecular flexibility index (Phi) is 5.03. The molecule has 0 aromatic carbocycles. The molecule has 0 aliphatic carbocycles. The molecular formula is C7H15N3O2. The van der Waals surface area contributed by atoms with Crippen LogP contribution in [0.3, 0.4) is 0 Å². The number of carbonyl (C=O) groups excluding carboxylic acids is 1. The predicted octanol–water partition coefficient (Wildman–Crippen LogP) is -0.536. The topological polar surface area (TPSA) is 88.2 Å². The molecule has 0 heterocycles. The average molecular weight is 173 g/mol. The number of nitrogens with one attached hydrogen (secondary N) is 2. The van der Waals surface area contributed by atoms with Gasteiger partial charge >= 0.3 is 0 Å². The Balaban J connectivity index is 3.61. The fourth-order valence-electron chi connectivity index (χ4n) is 0.790. The lowest BCUT2D eigenvalue weighted by Gasteiger charge is -2.11. The molecule has 0 saturated heterocycles. The van der Waals surface area contributed by atoms with E-state index in [1.165, 1.54) is 0 Å². The van der Waals surface area contributed by atoms with Crippen molar-refractivity contribution < 1.29 is 9.53 Å². The van der Waals surface area contributed by atoms with Gasteiger partial charge in [0.15, 0.2) is 0 Å². The summed E-state index contributed by atoms with van der Waals surface area (Å²) in [6.45, 7) is 2.28. The Morgan fingerprint density at radius 1 is 1.75 bits per heavy atom. The van der Waals surface area contributed by atoms with Crippen LogP contribution in [0, 0.1) is 5.41 Å². The number of amidine groups is 1. The molecule has 0 saturated carbocycles. The van der Waals surface area contributed by atoms with Crippen LogP contribution >= 0.6 is 0 Å². The Morgan fingerprint density at radius 3 is 2.75 bits per heavy atom. The van der Waals surface area contributed by atoms with Gasteiger partial charge in [-0.2, -0.15) is 0 Å². The molecule has 0 rings (SSSR count). The number of nitrogens with two attached hydrogens (primary N) is 1. The number of hydrogen-bond donors (Lipinski definition) is 3. The molecule has 0 bridgehead atoms. The van der Waals surface area contributed by atoms with E-state index in [-0.39, 0.29) is 24.2 Å². The summed E-state index contributed by atoms with van der Waals surface area (Å²) in [7, 11) is 1.56. The normalized spacial score (nSPS) is 12.2. The summed E-state index contributed by atoms with van der Waals surface area (Å²) in [5.74, 6) is -0.371. The maximum atomic E-state index is 11.0. The summed E-state index contributed by atoms with van der Waals surface area (Å²) in [6.07, 6.45) is -0.0476. The van der Waals surface area contributed by atoms with Crippen molar-refractivity contribution in [2.24, 2.45) is 5.73 Å². The van der Waals surface area contributed by atoms with Crippen molar-refractivity contribution in [2.75, 3.05) is 13.7 Å². The number of ether oxygens (including phenoxy) is 1. The molecule has 70 valence electrons. The van der Waals surface area contributed by atoms with Crippen molar-refractivity contribution >= 4 is 11.7 Å². The third-order valence-corrected chi connectivity index (χ3v) is 1.18. The summed E-state index contributed by atoms with van der Waals surface area (Å²) in [4.78, 5) is 11.0. The molecule has 12 heavy (non-hydrogen) atoms. The molecule has 5 nitrogen and oxygen atoms in total. The molecule has 5 heteroatoms. The summed E-state index contributed by atoms with van der Waals surface area (Å²) in [6, 6.07) is -0.0400. The molecule has 0 aromatic rings. The Labute approximate surface area is 71.8 Å². The lowest BCUT2D eigenvalue weighted by Crippen LogP contribution is -2.37. The highest BCUT2D eigenvalue weighted by molar-refractivity contribution is 5.97. The van der Waals surface area contributed by atoms with Crippen LogP contribution in [0.5, 0.6) is 0 Å². The van der Waals surface area contributed by atoms with Gasteiger partial charge in [-0.25, -0.2) is 0 Å². The quantitative estimate of drug-likeness (QED) is 0.385. The Hall–Kier alpha value is -1.10. The fourth-order valence-corrected chi connectivity index (χ4v) is 0.790. The smallest absolute Gasteiger partial charge is 0.227 e. The second-order valence-electron chi connectivity index (χ2n) is 2.63.